The van der Waals surface area contributed by atoms with E-state index in [1.165, 1.54) is 193 Å². The summed E-state index contributed by atoms with van der Waals surface area (Å²) < 4.78 is 0. The maximum Gasteiger partial charge on any atom is 0.333 e. The number of carbonyl (C=O) groups is 2. The first kappa shape index (κ1) is 50.2. The lowest BCUT2D eigenvalue weighted by atomic mass is 10.0. The van der Waals surface area contributed by atoms with Crippen molar-refractivity contribution in [3.8, 4) is 0 Å². The molecule has 1 unspecified atom stereocenters. The molecule has 0 aliphatic carbocycles. The number of aliphatic carboxylic acids is 2. The standard InChI is InChI=1S/2C18H39N.C4H6O5/c2*1-4-5-6-7-8-9-10-11-12-13-14-15-16-17-18-19(2)3;5-2(4(8)9)1-3(6)7/h2*4-18H2,1-3H3;2,5H,1H2,(H,6,7)(H,8,9). The van der Waals surface area contributed by atoms with Gasteiger partial charge in [0, 0.05) is 0 Å². The molecule has 0 spiro atoms. The Kier molecular flexibility index (Phi) is 45.8. The zero-order chi connectivity index (χ0) is 35.8. The van der Waals surface area contributed by atoms with Crippen molar-refractivity contribution in [3.63, 3.8) is 0 Å². The smallest absolute Gasteiger partial charge is 0.333 e. The van der Waals surface area contributed by atoms with Crippen LogP contribution in [0.5, 0.6) is 0 Å². The molecule has 7 nitrogen and oxygen atoms in total. The van der Waals surface area contributed by atoms with E-state index in [2.05, 4.69) is 51.8 Å². The molecule has 0 bridgehead atoms. The zero-order valence-corrected chi connectivity index (χ0v) is 32.6. The number of carboxylic acid groups (broad SMARTS) is 2. The Morgan fingerprint density at radius 2 is 0.638 bits per heavy atom. The van der Waals surface area contributed by atoms with Crippen molar-refractivity contribution in [2.45, 2.75) is 206 Å². The van der Waals surface area contributed by atoms with Crippen molar-refractivity contribution in [3.05, 3.63) is 0 Å². The fraction of sp³-hybridized carbons (Fsp3) is 0.950. The molecule has 0 aliphatic heterocycles. The highest BCUT2D eigenvalue weighted by Gasteiger charge is 2.16. The van der Waals surface area contributed by atoms with Crippen LogP contribution in [-0.4, -0.2) is 84.4 Å². The number of carboxylic acids is 2. The SMILES string of the molecule is CCCCCCCCCCCCCCCCN(C)C.CCCCCCCCCCCCCCCCN(C)C.O=C(O)CC(O)C(=O)O. The summed E-state index contributed by atoms with van der Waals surface area (Å²) in [6.45, 7) is 7.11. The number of aliphatic hydroxyl groups excluding tert-OH is 1. The van der Waals surface area contributed by atoms with E-state index in [9.17, 15) is 9.59 Å². The van der Waals surface area contributed by atoms with Crippen LogP contribution in [0.3, 0.4) is 0 Å². The van der Waals surface area contributed by atoms with Gasteiger partial charge in [0.2, 0.25) is 0 Å². The van der Waals surface area contributed by atoms with Crippen molar-refractivity contribution in [2.24, 2.45) is 0 Å². The topological polar surface area (TPSA) is 101 Å². The lowest BCUT2D eigenvalue weighted by molar-refractivity contribution is -0.152. The molecule has 47 heavy (non-hydrogen) atoms. The quantitative estimate of drug-likeness (QED) is 0.0596. The van der Waals surface area contributed by atoms with E-state index in [-0.39, 0.29) is 0 Å². The summed E-state index contributed by atoms with van der Waals surface area (Å²) in [7, 11) is 8.68. The molecule has 0 aromatic carbocycles. The van der Waals surface area contributed by atoms with Gasteiger partial charge in [0.05, 0.1) is 6.42 Å². The number of nitrogens with zero attached hydrogens (tertiary/aromatic N) is 2. The van der Waals surface area contributed by atoms with Crippen molar-refractivity contribution in [2.75, 3.05) is 41.3 Å². The van der Waals surface area contributed by atoms with E-state index in [1.54, 1.807) is 0 Å². The highest BCUT2D eigenvalue weighted by molar-refractivity contribution is 5.79. The lowest BCUT2D eigenvalue weighted by Crippen LogP contribution is -2.22. The number of unbranched alkanes of at least 4 members (excludes halogenated alkanes) is 26. The fourth-order valence-electron chi connectivity index (χ4n) is 5.50. The van der Waals surface area contributed by atoms with E-state index < -0.39 is 24.5 Å². The van der Waals surface area contributed by atoms with Crippen molar-refractivity contribution < 1.29 is 24.9 Å². The van der Waals surface area contributed by atoms with E-state index >= 15 is 0 Å². The Morgan fingerprint density at radius 3 is 0.787 bits per heavy atom. The third-order valence-corrected chi connectivity index (χ3v) is 8.57. The van der Waals surface area contributed by atoms with Gasteiger partial charge in [-0.2, -0.15) is 0 Å². The van der Waals surface area contributed by atoms with E-state index in [4.69, 9.17) is 15.3 Å². The van der Waals surface area contributed by atoms with E-state index in [0.29, 0.717) is 0 Å². The van der Waals surface area contributed by atoms with Gasteiger partial charge in [0.15, 0.2) is 6.10 Å². The van der Waals surface area contributed by atoms with Crippen LogP contribution in [0, 0.1) is 0 Å². The largest absolute Gasteiger partial charge is 0.481 e. The Morgan fingerprint density at radius 1 is 0.426 bits per heavy atom. The normalized spacial score (nSPS) is 11.6. The number of rotatable bonds is 33. The summed E-state index contributed by atoms with van der Waals surface area (Å²) in [6, 6.07) is 0. The van der Waals surface area contributed by atoms with Crippen LogP contribution in [0.25, 0.3) is 0 Å². The number of aliphatic hydroxyl groups is 1. The second-order valence-electron chi connectivity index (χ2n) is 14.3. The van der Waals surface area contributed by atoms with Crippen LogP contribution in [-0.2, 0) is 9.59 Å². The summed E-state index contributed by atoms with van der Waals surface area (Å²) in [4.78, 5) is 24.0. The van der Waals surface area contributed by atoms with Crippen molar-refractivity contribution in [1.29, 1.82) is 0 Å². The molecular weight excluding hydrogens is 588 g/mol. The molecule has 0 aliphatic rings. The first-order valence-electron chi connectivity index (χ1n) is 20.0. The van der Waals surface area contributed by atoms with Crippen LogP contribution in [0.1, 0.15) is 200 Å². The van der Waals surface area contributed by atoms with Crippen LogP contribution in [0.15, 0.2) is 0 Å². The van der Waals surface area contributed by atoms with Crippen molar-refractivity contribution in [1.82, 2.24) is 9.80 Å². The minimum absolute atomic E-state index is 0.755. The minimum Gasteiger partial charge on any atom is -0.481 e. The van der Waals surface area contributed by atoms with E-state index in [1.807, 2.05) is 0 Å². The maximum absolute atomic E-state index is 9.72. The van der Waals surface area contributed by atoms with Gasteiger partial charge in [0.1, 0.15) is 0 Å². The third kappa shape index (κ3) is 54.5. The number of hydrogen-bond acceptors (Lipinski definition) is 5. The van der Waals surface area contributed by atoms with Crippen LogP contribution in [0.2, 0.25) is 0 Å². The molecule has 284 valence electrons. The summed E-state index contributed by atoms with van der Waals surface area (Å²) >= 11 is 0. The Hall–Kier alpha value is -1.18. The van der Waals surface area contributed by atoms with Crippen molar-refractivity contribution >= 4 is 11.9 Å². The van der Waals surface area contributed by atoms with Crippen LogP contribution in [0.4, 0.5) is 0 Å². The lowest BCUT2D eigenvalue weighted by Gasteiger charge is -2.08. The molecule has 0 fully saturated rings. The van der Waals surface area contributed by atoms with Gasteiger partial charge in [0.25, 0.3) is 0 Å². The summed E-state index contributed by atoms with van der Waals surface area (Å²) in [5.74, 6) is -2.85. The van der Waals surface area contributed by atoms with Crippen LogP contribution >= 0.6 is 0 Å². The molecule has 0 rings (SSSR count). The monoisotopic (exact) mass is 673 g/mol. The Labute approximate surface area is 293 Å². The molecule has 1 atom stereocenters. The predicted octanol–water partition coefficient (Wildman–Crippen LogP) is 11.0. The number of hydrogen-bond donors (Lipinski definition) is 3. The average molecular weight is 673 g/mol. The van der Waals surface area contributed by atoms with Gasteiger partial charge in [-0.3, -0.25) is 4.79 Å². The predicted molar refractivity (Wildman–Crippen MR) is 204 cm³/mol. The molecule has 0 aromatic rings. The zero-order valence-electron chi connectivity index (χ0n) is 32.6. The summed E-state index contributed by atoms with van der Waals surface area (Å²) in [5.41, 5.74) is 0. The molecule has 7 heteroatoms. The first-order valence-corrected chi connectivity index (χ1v) is 20.0. The Balaban J connectivity index is -0.000000658. The molecular formula is C40H84N2O5. The first-order chi connectivity index (χ1) is 22.6. The second kappa shape index (κ2) is 42.8. The molecule has 0 heterocycles. The maximum atomic E-state index is 9.72. The molecule has 3 N–H and O–H groups in total. The minimum atomic E-state index is -1.79. The van der Waals surface area contributed by atoms with Gasteiger partial charge < -0.3 is 25.1 Å². The second-order valence-corrected chi connectivity index (χ2v) is 14.3. The van der Waals surface area contributed by atoms with Gasteiger partial charge in [-0.05, 0) is 54.1 Å². The van der Waals surface area contributed by atoms with Gasteiger partial charge in [-0.25, -0.2) is 4.79 Å². The summed E-state index contributed by atoms with van der Waals surface area (Å²) in [5, 5.41) is 24.1. The highest BCUT2D eigenvalue weighted by Crippen LogP contribution is 2.14. The van der Waals surface area contributed by atoms with Gasteiger partial charge in [-0.15, -0.1) is 0 Å². The molecule has 0 saturated heterocycles. The fourth-order valence-corrected chi connectivity index (χ4v) is 5.50. The van der Waals surface area contributed by atoms with Crippen LogP contribution < -0.4 is 0 Å². The Bertz CT molecular complexity index is 579. The molecule has 0 radical (unpaired) electrons. The van der Waals surface area contributed by atoms with E-state index in [0.717, 1.165) is 0 Å². The molecule has 0 aromatic heterocycles. The highest BCUT2D eigenvalue weighted by atomic mass is 16.4. The summed E-state index contributed by atoms with van der Waals surface area (Å²) in [6.07, 6.45) is 38.1. The average Bonchev–Trinajstić information content (AvgIpc) is 3.01. The van der Waals surface area contributed by atoms with Gasteiger partial charge in [-0.1, -0.05) is 181 Å². The third-order valence-electron chi connectivity index (χ3n) is 8.57. The molecule has 0 amide bonds. The van der Waals surface area contributed by atoms with Gasteiger partial charge >= 0.3 is 11.9 Å². The molecule has 0 saturated carbocycles.